The van der Waals surface area contributed by atoms with Crippen LogP contribution in [0.3, 0.4) is 0 Å². The number of aromatic amines is 1. The Labute approximate surface area is 169 Å². The molecule has 0 bridgehead atoms. The van der Waals surface area contributed by atoms with Crippen molar-refractivity contribution >= 4 is 28.4 Å². The summed E-state index contributed by atoms with van der Waals surface area (Å²) in [5, 5.41) is 2.82. The molecule has 1 N–H and O–H groups in total. The summed E-state index contributed by atoms with van der Waals surface area (Å²) in [7, 11) is 0. The third-order valence-electron chi connectivity index (χ3n) is 5.05. The van der Waals surface area contributed by atoms with Gasteiger partial charge in [0.1, 0.15) is 12.4 Å². The number of hydrogen-bond acceptors (Lipinski definition) is 4. The van der Waals surface area contributed by atoms with Gasteiger partial charge < -0.3 is 14.2 Å². The molecule has 1 aromatic carbocycles. The molecule has 2 aromatic heterocycles. The fraction of sp³-hybridized carbons (Fsp3) is 0.316. The van der Waals surface area contributed by atoms with Crippen molar-refractivity contribution in [2.45, 2.75) is 13.5 Å². The van der Waals surface area contributed by atoms with E-state index in [4.69, 9.17) is 16.3 Å². The predicted octanol–water partition coefficient (Wildman–Crippen LogP) is 1.44. The first-order chi connectivity index (χ1) is 13.9. The van der Waals surface area contributed by atoms with Crippen LogP contribution in [-0.2, 0) is 16.1 Å². The lowest BCUT2D eigenvalue weighted by Gasteiger charge is -2.27. The molecular formula is C19H18ClFN4O4. The quantitative estimate of drug-likeness (QED) is 0.694. The van der Waals surface area contributed by atoms with E-state index < -0.39 is 16.9 Å². The number of carbonyl (C=O) groups excluding carboxylic acids is 1. The monoisotopic (exact) mass is 420 g/mol. The maximum absolute atomic E-state index is 13.5. The third kappa shape index (κ3) is 3.47. The molecule has 3 aromatic rings. The summed E-state index contributed by atoms with van der Waals surface area (Å²) in [5.41, 5.74) is 0.269. The highest BCUT2D eigenvalue weighted by molar-refractivity contribution is 6.30. The minimum Gasteiger partial charge on any atom is -0.378 e. The number of benzene rings is 1. The molecule has 1 amide bonds. The van der Waals surface area contributed by atoms with Gasteiger partial charge in [-0.3, -0.25) is 24.2 Å². The van der Waals surface area contributed by atoms with E-state index in [0.717, 1.165) is 0 Å². The third-order valence-corrected chi connectivity index (χ3v) is 5.34. The van der Waals surface area contributed by atoms with Crippen LogP contribution in [0.1, 0.15) is 5.69 Å². The Kier molecular flexibility index (Phi) is 5.01. The average Bonchev–Trinajstić information content (AvgIpc) is 3.04. The van der Waals surface area contributed by atoms with Crippen LogP contribution in [-0.4, -0.2) is 51.5 Å². The summed E-state index contributed by atoms with van der Waals surface area (Å²) in [6.07, 6.45) is 0. The fourth-order valence-corrected chi connectivity index (χ4v) is 3.67. The molecule has 1 saturated heterocycles. The second kappa shape index (κ2) is 7.49. The second-order valence-electron chi connectivity index (χ2n) is 6.78. The van der Waals surface area contributed by atoms with Gasteiger partial charge in [-0.2, -0.15) is 0 Å². The zero-order chi connectivity index (χ0) is 20.7. The number of halogens is 2. The number of hydrogen-bond donors (Lipinski definition) is 1. The van der Waals surface area contributed by atoms with Gasteiger partial charge in [-0.15, -0.1) is 0 Å². The lowest BCUT2D eigenvalue weighted by Crippen LogP contribution is -2.43. The first kappa shape index (κ1) is 19.4. The molecular weight excluding hydrogens is 403 g/mol. The summed E-state index contributed by atoms with van der Waals surface area (Å²) in [5.74, 6) is -0.798. The van der Waals surface area contributed by atoms with E-state index >= 15 is 0 Å². The Morgan fingerprint density at radius 2 is 1.97 bits per heavy atom. The van der Waals surface area contributed by atoms with Gasteiger partial charge in [0.15, 0.2) is 0 Å². The van der Waals surface area contributed by atoms with Crippen molar-refractivity contribution in [2.24, 2.45) is 0 Å². The number of amides is 1. The van der Waals surface area contributed by atoms with E-state index in [-0.39, 0.29) is 22.9 Å². The van der Waals surface area contributed by atoms with Crippen LogP contribution in [0.5, 0.6) is 0 Å². The van der Waals surface area contributed by atoms with Crippen molar-refractivity contribution in [3.8, 4) is 5.69 Å². The van der Waals surface area contributed by atoms with Crippen LogP contribution in [0.15, 0.2) is 33.9 Å². The van der Waals surface area contributed by atoms with Crippen LogP contribution in [0.2, 0.25) is 5.02 Å². The number of fused-ring (bicyclic) bond motifs is 1. The smallest absolute Gasteiger partial charge is 0.274 e. The molecule has 10 heteroatoms. The van der Waals surface area contributed by atoms with Gasteiger partial charge in [-0.25, -0.2) is 4.39 Å². The van der Waals surface area contributed by atoms with Gasteiger partial charge in [0.2, 0.25) is 5.91 Å². The van der Waals surface area contributed by atoms with Crippen LogP contribution in [0.25, 0.3) is 16.6 Å². The molecule has 1 aliphatic heterocycles. The number of nitrogens with zero attached hydrogens (tertiary/aromatic N) is 3. The van der Waals surface area contributed by atoms with Crippen LogP contribution >= 0.6 is 11.6 Å². The van der Waals surface area contributed by atoms with E-state index in [1.807, 2.05) is 0 Å². The Balaban J connectivity index is 1.79. The number of ether oxygens (including phenoxy) is 1. The van der Waals surface area contributed by atoms with Gasteiger partial charge >= 0.3 is 0 Å². The molecule has 4 rings (SSSR count). The van der Waals surface area contributed by atoms with Crippen molar-refractivity contribution in [1.29, 1.82) is 0 Å². The number of nitrogens with one attached hydrogen (secondary N) is 1. The molecule has 0 unspecified atom stereocenters. The topological polar surface area (TPSA) is 89.3 Å². The zero-order valence-electron chi connectivity index (χ0n) is 15.6. The highest BCUT2D eigenvalue weighted by Crippen LogP contribution is 2.21. The fourth-order valence-electron chi connectivity index (χ4n) is 3.50. The van der Waals surface area contributed by atoms with Gasteiger partial charge in [-0.05, 0) is 25.1 Å². The lowest BCUT2D eigenvalue weighted by atomic mass is 10.2. The normalized spacial score (nSPS) is 14.5. The molecule has 1 fully saturated rings. The lowest BCUT2D eigenvalue weighted by molar-refractivity contribution is -0.135. The van der Waals surface area contributed by atoms with E-state index in [1.165, 1.54) is 33.5 Å². The Morgan fingerprint density at radius 1 is 1.24 bits per heavy atom. The molecule has 8 nitrogen and oxygen atoms in total. The Hall–Kier alpha value is -2.91. The van der Waals surface area contributed by atoms with Crippen LogP contribution in [0, 0.1) is 12.7 Å². The average molecular weight is 421 g/mol. The van der Waals surface area contributed by atoms with Crippen LogP contribution < -0.4 is 11.1 Å². The molecule has 0 spiro atoms. The highest BCUT2D eigenvalue weighted by Gasteiger charge is 2.21. The molecule has 3 heterocycles. The summed E-state index contributed by atoms with van der Waals surface area (Å²) in [4.78, 5) is 39.5. The summed E-state index contributed by atoms with van der Waals surface area (Å²) >= 11 is 5.84. The van der Waals surface area contributed by atoms with Gasteiger partial charge in [-0.1, -0.05) is 11.6 Å². The summed E-state index contributed by atoms with van der Waals surface area (Å²) in [6.45, 7) is 3.32. The van der Waals surface area contributed by atoms with E-state index in [1.54, 1.807) is 11.8 Å². The number of aromatic nitrogens is 3. The molecule has 152 valence electrons. The number of rotatable bonds is 3. The van der Waals surface area contributed by atoms with Crippen molar-refractivity contribution in [2.75, 3.05) is 26.3 Å². The number of morpholine rings is 1. The maximum atomic E-state index is 13.5. The van der Waals surface area contributed by atoms with E-state index in [0.29, 0.717) is 43.2 Å². The minimum absolute atomic E-state index is 0.105. The zero-order valence-corrected chi connectivity index (χ0v) is 16.3. The molecule has 0 radical (unpaired) electrons. The number of H-pyrrole nitrogens is 1. The summed E-state index contributed by atoms with van der Waals surface area (Å²) < 4.78 is 21.4. The van der Waals surface area contributed by atoms with Crippen molar-refractivity contribution in [3.05, 3.63) is 61.5 Å². The second-order valence-corrected chi connectivity index (χ2v) is 7.19. The number of carbonyl (C=O) groups is 1. The standard InChI is InChI=1S/C19H18ClFN4O4/c1-11-18-15(25(22-19(18)28)12-2-3-14(21)13(20)8-12)9-16(26)24(11)10-17(27)23-4-6-29-7-5-23/h2-3,8-9H,4-7,10H2,1H3,(H,22,28). The van der Waals surface area contributed by atoms with Crippen molar-refractivity contribution in [3.63, 3.8) is 0 Å². The largest absolute Gasteiger partial charge is 0.378 e. The van der Waals surface area contributed by atoms with Crippen molar-refractivity contribution < 1.29 is 13.9 Å². The number of aryl methyl sites for hydroxylation is 1. The van der Waals surface area contributed by atoms with Gasteiger partial charge in [0.05, 0.1) is 34.8 Å². The van der Waals surface area contributed by atoms with Crippen molar-refractivity contribution in [1.82, 2.24) is 19.2 Å². The van der Waals surface area contributed by atoms with E-state index in [9.17, 15) is 18.8 Å². The Bertz CT molecular complexity index is 1220. The minimum atomic E-state index is -0.589. The summed E-state index contributed by atoms with van der Waals surface area (Å²) in [6, 6.07) is 5.26. The first-order valence-electron chi connectivity index (χ1n) is 9.03. The van der Waals surface area contributed by atoms with Crippen LogP contribution in [0.4, 0.5) is 4.39 Å². The van der Waals surface area contributed by atoms with Gasteiger partial charge in [0, 0.05) is 24.8 Å². The molecule has 1 aliphatic rings. The first-order valence-corrected chi connectivity index (χ1v) is 9.40. The SMILES string of the molecule is Cc1c2c(=O)[nH]n(-c3ccc(F)c(Cl)c3)c2cc(=O)n1CC(=O)N1CCOCC1. The predicted molar refractivity (Wildman–Crippen MR) is 105 cm³/mol. The molecule has 0 aliphatic carbocycles. The number of pyridine rings is 1. The molecule has 0 saturated carbocycles. The van der Waals surface area contributed by atoms with E-state index in [2.05, 4.69) is 5.10 Å². The molecule has 0 atom stereocenters. The Morgan fingerprint density at radius 3 is 2.66 bits per heavy atom. The van der Waals surface area contributed by atoms with Gasteiger partial charge in [0.25, 0.3) is 11.1 Å². The molecule has 29 heavy (non-hydrogen) atoms. The maximum Gasteiger partial charge on any atom is 0.274 e. The highest BCUT2D eigenvalue weighted by atomic mass is 35.5.